The van der Waals surface area contributed by atoms with Gasteiger partial charge in [-0.15, -0.1) is 0 Å². The molecule has 1 saturated heterocycles. The summed E-state index contributed by atoms with van der Waals surface area (Å²) >= 11 is 1.44. The predicted octanol–water partition coefficient (Wildman–Crippen LogP) is 1.72. The Balaban J connectivity index is 1.47. The van der Waals surface area contributed by atoms with Crippen LogP contribution in [0.2, 0.25) is 0 Å². The van der Waals surface area contributed by atoms with Crippen LogP contribution < -0.4 is 5.32 Å². The summed E-state index contributed by atoms with van der Waals surface area (Å²) < 4.78 is 9.28. The van der Waals surface area contributed by atoms with Crippen LogP contribution in [0.15, 0.2) is 0 Å². The minimum absolute atomic E-state index is 0.498. The van der Waals surface area contributed by atoms with Crippen LogP contribution in [0.3, 0.4) is 0 Å². The molecule has 0 bridgehead atoms. The molecule has 1 aliphatic heterocycles. The molecule has 1 saturated carbocycles. The predicted molar refractivity (Wildman–Crippen MR) is 71.9 cm³/mol. The third kappa shape index (κ3) is 2.99. The highest BCUT2D eigenvalue weighted by Crippen LogP contribution is 2.30. The standard InChI is InChI=1S/C12H20N4OS/c1-17-8-11-14-12(18-15-11)13-9-4-6-16(7-5-9)10-2-3-10/h9-10H,2-8H2,1H3,(H,13,14,15). The van der Waals surface area contributed by atoms with Crippen molar-refractivity contribution in [1.82, 2.24) is 14.3 Å². The number of methoxy groups -OCH3 is 1. The fraction of sp³-hybridized carbons (Fsp3) is 0.833. The van der Waals surface area contributed by atoms with Crippen LogP contribution in [0.25, 0.3) is 0 Å². The van der Waals surface area contributed by atoms with Crippen LogP contribution in [0.4, 0.5) is 5.13 Å². The number of hydrogen-bond donors (Lipinski definition) is 1. The second-order valence-electron chi connectivity index (χ2n) is 5.13. The van der Waals surface area contributed by atoms with E-state index in [0.29, 0.717) is 12.6 Å². The summed E-state index contributed by atoms with van der Waals surface area (Å²) in [5, 5.41) is 4.44. The summed E-state index contributed by atoms with van der Waals surface area (Å²) in [7, 11) is 1.67. The molecule has 0 amide bonds. The lowest BCUT2D eigenvalue weighted by Crippen LogP contribution is -2.40. The highest BCUT2D eigenvalue weighted by Gasteiger charge is 2.31. The van der Waals surface area contributed by atoms with Crippen LogP contribution in [0.1, 0.15) is 31.5 Å². The summed E-state index contributed by atoms with van der Waals surface area (Å²) in [4.78, 5) is 7.05. The molecule has 2 aliphatic rings. The first-order valence-corrected chi connectivity index (χ1v) is 7.44. The Morgan fingerprint density at radius 1 is 1.33 bits per heavy atom. The number of piperidine rings is 1. The van der Waals surface area contributed by atoms with Gasteiger partial charge in [-0.25, -0.2) is 4.98 Å². The van der Waals surface area contributed by atoms with E-state index >= 15 is 0 Å². The molecular weight excluding hydrogens is 248 g/mol. The largest absolute Gasteiger partial charge is 0.377 e. The first-order chi connectivity index (χ1) is 8.85. The molecule has 18 heavy (non-hydrogen) atoms. The summed E-state index contributed by atoms with van der Waals surface area (Å²) in [6, 6.07) is 1.46. The van der Waals surface area contributed by atoms with Crippen molar-refractivity contribution in [3.63, 3.8) is 0 Å². The quantitative estimate of drug-likeness (QED) is 0.881. The Labute approximate surface area is 112 Å². The van der Waals surface area contributed by atoms with Gasteiger partial charge < -0.3 is 15.0 Å². The maximum absolute atomic E-state index is 5.03. The number of nitrogens with one attached hydrogen (secondary N) is 1. The highest BCUT2D eigenvalue weighted by atomic mass is 32.1. The molecule has 0 atom stereocenters. The molecule has 1 aliphatic carbocycles. The number of hydrogen-bond acceptors (Lipinski definition) is 6. The Kier molecular flexibility index (Phi) is 3.77. The monoisotopic (exact) mass is 268 g/mol. The fourth-order valence-electron chi connectivity index (χ4n) is 2.52. The molecule has 0 unspecified atom stereocenters. The van der Waals surface area contributed by atoms with Crippen molar-refractivity contribution in [3.8, 4) is 0 Å². The van der Waals surface area contributed by atoms with Gasteiger partial charge in [-0.3, -0.25) is 0 Å². The molecule has 0 aromatic carbocycles. The third-order valence-corrected chi connectivity index (χ3v) is 4.35. The van der Waals surface area contributed by atoms with Gasteiger partial charge in [-0.1, -0.05) is 0 Å². The number of anilines is 1. The molecule has 1 N–H and O–H groups in total. The van der Waals surface area contributed by atoms with Crippen LogP contribution in [0.5, 0.6) is 0 Å². The van der Waals surface area contributed by atoms with Gasteiger partial charge in [0.2, 0.25) is 5.13 Å². The number of likely N-dealkylation sites (tertiary alicyclic amines) is 1. The van der Waals surface area contributed by atoms with E-state index in [1.807, 2.05) is 0 Å². The summed E-state index contributed by atoms with van der Waals surface area (Å²) in [6.45, 7) is 2.95. The minimum atomic E-state index is 0.498. The highest BCUT2D eigenvalue weighted by molar-refractivity contribution is 7.09. The van der Waals surface area contributed by atoms with E-state index in [1.165, 1.54) is 50.3 Å². The molecule has 5 nitrogen and oxygen atoms in total. The van der Waals surface area contributed by atoms with Crippen LogP contribution in [-0.2, 0) is 11.3 Å². The SMILES string of the molecule is COCc1nsc(NC2CCN(C3CC3)CC2)n1. The van der Waals surface area contributed by atoms with E-state index in [0.717, 1.165) is 17.0 Å². The zero-order valence-electron chi connectivity index (χ0n) is 10.8. The Morgan fingerprint density at radius 2 is 2.11 bits per heavy atom. The molecule has 2 fully saturated rings. The average Bonchev–Trinajstić information content (AvgIpc) is 3.14. The van der Waals surface area contributed by atoms with Crippen LogP contribution >= 0.6 is 11.5 Å². The molecular formula is C12H20N4OS. The van der Waals surface area contributed by atoms with Gasteiger partial charge in [0, 0.05) is 43.8 Å². The first-order valence-electron chi connectivity index (χ1n) is 6.67. The van der Waals surface area contributed by atoms with Gasteiger partial charge in [-0.05, 0) is 25.7 Å². The van der Waals surface area contributed by atoms with Crippen LogP contribution in [-0.4, -0.2) is 46.5 Å². The minimum Gasteiger partial charge on any atom is -0.377 e. The van der Waals surface area contributed by atoms with Gasteiger partial charge in [0.15, 0.2) is 5.82 Å². The summed E-state index contributed by atoms with van der Waals surface area (Å²) in [5.41, 5.74) is 0. The Bertz CT molecular complexity index is 385. The lowest BCUT2D eigenvalue weighted by molar-refractivity contribution is 0.179. The maximum atomic E-state index is 5.03. The van der Waals surface area contributed by atoms with E-state index in [1.54, 1.807) is 7.11 Å². The smallest absolute Gasteiger partial charge is 0.202 e. The second kappa shape index (κ2) is 5.50. The molecule has 100 valence electrons. The van der Waals surface area contributed by atoms with Crippen molar-refractivity contribution in [1.29, 1.82) is 0 Å². The maximum Gasteiger partial charge on any atom is 0.202 e. The van der Waals surface area contributed by atoms with Crippen molar-refractivity contribution in [2.75, 3.05) is 25.5 Å². The van der Waals surface area contributed by atoms with E-state index in [9.17, 15) is 0 Å². The van der Waals surface area contributed by atoms with Gasteiger partial charge in [0.25, 0.3) is 0 Å². The van der Waals surface area contributed by atoms with Crippen LogP contribution in [0, 0.1) is 0 Å². The Morgan fingerprint density at radius 3 is 2.78 bits per heavy atom. The first kappa shape index (κ1) is 12.3. The van der Waals surface area contributed by atoms with E-state index < -0.39 is 0 Å². The number of nitrogens with zero attached hydrogens (tertiary/aromatic N) is 3. The summed E-state index contributed by atoms with van der Waals surface area (Å²) in [5.74, 6) is 0.778. The normalized spacial score (nSPS) is 22.3. The van der Waals surface area contributed by atoms with Gasteiger partial charge in [0.1, 0.15) is 6.61 Å². The lowest BCUT2D eigenvalue weighted by atomic mass is 10.1. The number of ether oxygens (including phenoxy) is 1. The van der Waals surface area contributed by atoms with E-state index in [4.69, 9.17) is 4.74 Å². The molecule has 2 heterocycles. The molecule has 1 aromatic heterocycles. The van der Waals surface area contributed by atoms with E-state index in [2.05, 4.69) is 19.6 Å². The average molecular weight is 268 g/mol. The molecule has 0 radical (unpaired) electrons. The zero-order chi connectivity index (χ0) is 12.4. The third-order valence-electron chi connectivity index (χ3n) is 3.66. The van der Waals surface area contributed by atoms with Crippen molar-refractivity contribution >= 4 is 16.7 Å². The molecule has 6 heteroatoms. The van der Waals surface area contributed by atoms with Gasteiger partial charge >= 0.3 is 0 Å². The Hall–Kier alpha value is -0.720. The summed E-state index contributed by atoms with van der Waals surface area (Å²) in [6.07, 6.45) is 5.26. The van der Waals surface area contributed by atoms with Crippen molar-refractivity contribution in [3.05, 3.63) is 5.82 Å². The fourth-order valence-corrected chi connectivity index (χ4v) is 3.17. The lowest BCUT2D eigenvalue weighted by Gasteiger charge is -2.32. The van der Waals surface area contributed by atoms with Crippen molar-refractivity contribution in [2.45, 2.75) is 44.4 Å². The van der Waals surface area contributed by atoms with Crippen molar-refractivity contribution < 1.29 is 4.74 Å². The molecule has 3 rings (SSSR count). The zero-order valence-corrected chi connectivity index (χ0v) is 11.6. The van der Waals surface area contributed by atoms with Gasteiger partial charge in [-0.2, -0.15) is 4.37 Å². The number of aromatic nitrogens is 2. The topological polar surface area (TPSA) is 50.3 Å². The second-order valence-corrected chi connectivity index (χ2v) is 5.89. The molecule has 1 aromatic rings. The molecule has 0 spiro atoms. The van der Waals surface area contributed by atoms with Gasteiger partial charge in [0.05, 0.1) is 0 Å². The van der Waals surface area contributed by atoms with Crippen molar-refractivity contribution in [2.24, 2.45) is 0 Å². The van der Waals surface area contributed by atoms with E-state index in [-0.39, 0.29) is 0 Å². The number of rotatable bonds is 5.